The normalized spacial score (nSPS) is 30.0. The molecule has 2 fully saturated rings. The van der Waals surface area contributed by atoms with Crippen molar-refractivity contribution in [2.45, 2.75) is 46.1 Å². The molecular formula is C17H33N3O2. The number of hydrogen-bond donors (Lipinski definition) is 1. The second-order valence-electron chi connectivity index (χ2n) is 7.57. The molecule has 2 aliphatic heterocycles. The zero-order chi connectivity index (χ0) is 16.2. The maximum absolute atomic E-state index is 12.4. The molecule has 2 aliphatic rings. The van der Waals surface area contributed by atoms with Crippen LogP contribution < -0.4 is 5.32 Å². The lowest BCUT2D eigenvalue weighted by Gasteiger charge is -2.40. The SMILES string of the molecule is CC[C@@]1(C)CN(C(=O)NC[C@@H]2CCN(CC(C)C)C2)CCO1. The monoisotopic (exact) mass is 311 g/mol. The van der Waals surface area contributed by atoms with Gasteiger partial charge in [-0.15, -0.1) is 0 Å². The van der Waals surface area contributed by atoms with Crippen LogP contribution in [0.2, 0.25) is 0 Å². The predicted octanol–water partition coefficient (Wildman–Crippen LogP) is 2.17. The van der Waals surface area contributed by atoms with E-state index in [4.69, 9.17) is 4.74 Å². The summed E-state index contributed by atoms with van der Waals surface area (Å²) in [5.74, 6) is 1.31. The maximum Gasteiger partial charge on any atom is 0.317 e. The third-order valence-electron chi connectivity index (χ3n) is 4.91. The van der Waals surface area contributed by atoms with Crippen molar-refractivity contribution in [2.24, 2.45) is 11.8 Å². The summed E-state index contributed by atoms with van der Waals surface area (Å²) >= 11 is 0. The first-order valence-corrected chi connectivity index (χ1v) is 8.81. The molecule has 0 aliphatic carbocycles. The van der Waals surface area contributed by atoms with Gasteiger partial charge >= 0.3 is 6.03 Å². The standard InChI is InChI=1S/C17H33N3O2/c1-5-17(4)13-20(8-9-22-17)16(21)18-10-15-6-7-19(12-15)11-14(2)3/h14-15H,5-13H2,1-4H3,(H,18,21)/t15-,17-/m0/s1. The number of morpholine rings is 1. The lowest BCUT2D eigenvalue weighted by molar-refractivity contribution is -0.0872. The highest BCUT2D eigenvalue weighted by molar-refractivity contribution is 5.74. The number of ether oxygens (including phenoxy) is 1. The molecule has 0 aromatic heterocycles. The maximum atomic E-state index is 12.4. The fraction of sp³-hybridized carbons (Fsp3) is 0.941. The van der Waals surface area contributed by atoms with E-state index < -0.39 is 0 Å². The molecule has 2 rings (SSSR count). The van der Waals surface area contributed by atoms with Gasteiger partial charge in [-0.25, -0.2) is 4.79 Å². The predicted molar refractivity (Wildman–Crippen MR) is 89.0 cm³/mol. The molecule has 0 aromatic carbocycles. The fourth-order valence-corrected chi connectivity index (χ4v) is 3.42. The quantitative estimate of drug-likeness (QED) is 0.846. The second-order valence-corrected chi connectivity index (χ2v) is 7.57. The van der Waals surface area contributed by atoms with Gasteiger partial charge in [-0.05, 0) is 38.1 Å². The van der Waals surface area contributed by atoms with Crippen LogP contribution in [0.25, 0.3) is 0 Å². The zero-order valence-electron chi connectivity index (χ0n) is 14.7. The van der Waals surface area contributed by atoms with Crippen molar-refractivity contribution in [1.29, 1.82) is 0 Å². The lowest BCUT2D eigenvalue weighted by Crippen LogP contribution is -2.54. The number of nitrogens with one attached hydrogen (secondary N) is 1. The highest BCUT2D eigenvalue weighted by Crippen LogP contribution is 2.21. The molecule has 0 aromatic rings. The second kappa shape index (κ2) is 7.64. The molecule has 5 heteroatoms. The van der Waals surface area contributed by atoms with E-state index in [2.05, 4.69) is 37.9 Å². The molecule has 0 radical (unpaired) electrons. The largest absolute Gasteiger partial charge is 0.372 e. The van der Waals surface area contributed by atoms with Crippen molar-refractivity contribution in [3.8, 4) is 0 Å². The van der Waals surface area contributed by atoms with E-state index in [-0.39, 0.29) is 11.6 Å². The van der Waals surface area contributed by atoms with Crippen molar-refractivity contribution in [1.82, 2.24) is 15.1 Å². The Morgan fingerprint density at radius 1 is 1.41 bits per heavy atom. The molecule has 2 heterocycles. The molecule has 2 atom stereocenters. The first-order chi connectivity index (χ1) is 10.4. The number of likely N-dealkylation sites (tertiary alicyclic amines) is 1. The summed E-state index contributed by atoms with van der Waals surface area (Å²) in [6, 6.07) is 0.0743. The smallest absolute Gasteiger partial charge is 0.317 e. The minimum absolute atomic E-state index is 0.0743. The summed E-state index contributed by atoms with van der Waals surface area (Å²) in [6.07, 6.45) is 2.13. The highest BCUT2D eigenvalue weighted by atomic mass is 16.5. The van der Waals surface area contributed by atoms with Gasteiger partial charge in [0.25, 0.3) is 0 Å². The Kier molecular flexibility index (Phi) is 6.09. The fourth-order valence-electron chi connectivity index (χ4n) is 3.42. The number of carbonyl (C=O) groups is 1. The highest BCUT2D eigenvalue weighted by Gasteiger charge is 2.33. The van der Waals surface area contributed by atoms with E-state index in [9.17, 15) is 4.79 Å². The summed E-state index contributed by atoms with van der Waals surface area (Å²) in [5.41, 5.74) is -0.184. The van der Waals surface area contributed by atoms with Gasteiger partial charge in [0, 0.05) is 26.2 Å². The average molecular weight is 311 g/mol. The van der Waals surface area contributed by atoms with Gasteiger partial charge in [0.15, 0.2) is 0 Å². The molecule has 128 valence electrons. The van der Waals surface area contributed by atoms with Crippen molar-refractivity contribution in [3.05, 3.63) is 0 Å². The molecule has 0 unspecified atom stereocenters. The minimum atomic E-state index is -0.184. The van der Waals surface area contributed by atoms with Crippen LogP contribution in [-0.2, 0) is 4.74 Å². The lowest BCUT2D eigenvalue weighted by atomic mass is 10.0. The number of hydrogen-bond acceptors (Lipinski definition) is 3. The third kappa shape index (κ3) is 4.85. The number of nitrogens with zero attached hydrogens (tertiary/aromatic N) is 2. The van der Waals surface area contributed by atoms with Crippen LogP contribution in [0.1, 0.15) is 40.5 Å². The summed E-state index contributed by atoms with van der Waals surface area (Å²) in [7, 11) is 0. The molecule has 5 nitrogen and oxygen atoms in total. The van der Waals surface area contributed by atoms with Crippen molar-refractivity contribution in [2.75, 3.05) is 45.9 Å². The van der Waals surface area contributed by atoms with Crippen LogP contribution in [0.4, 0.5) is 4.79 Å². The molecule has 0 bridgehead atoms. The van der Waals surface area contributed by atoms with E-state index in [1.807, 2.05) is 4.90 Å². The average Bonchev–Trinajstić information content (AvgIpc) is 2.91. The molecule has 2 saturated heterocycles. The van der Waals surface area contributed by atoms with Gasteiger partial charge in [-0.3, -0.25) is 0 Å². The molecule has 22 heavy (non-hydrogen) atoms. The molecule has 0 saturated carbocycles. The first-order valence-electron chi connectivity index (χ1n) is 8.81. The van der Waals surface area contributed by atoms with Crippen LogP contribution >= 0.6 is 0 Å². The molecule has 0 spiro atoms. The minimum Gasteiger partial charge on any atom is -0.372 e. The van der Waals surface area contributed by atoms with Gasteiger partial charge in [0.2, 0.25) is 0 Å². The van der Waals surface area contributed by atoms with E-state index >= 15 is 0 Å². The summed E-state index contributed by atoms with van der Waals surface area (Å²) in [5, 5.41) is 3.13. The van der Waals surface area contributed by atoms with Gasteiger partial charge in [-0.1, -0.05) is 20.8 Å². The number of amides is 2. The Morgan fingerprint density at radius 3 is 2.86 bits per heavy atom. The van der Waals surface area contributed by atoms with E-state index in [1.54, 1.807) is 0 Å². The first kappa shape index (κ1) is 17.5. The van der Waals surface area contributed by atoms with Crippen molar-refractivity contribution >= 4 is 6.03 Å². The van der Waals surface area contributed by atoms with Crippen molar-refractivity contribution in [3.63, 3.8) is 0 Å². The Labute approximate surface area is 135 Å². The molecule has 1 N–H and O–H groups in total. The van der Waals surface area contributed by atoms with Gasteiger partial charge in [0.05, 0.1) is 18.8 Å². The van der Waals surface area contributed by atoms with Crippen LogP contribution in [0.15, 0.2) is 0 Å². The van der Waals surface area contributed by atoms with E-state index in [1.165, 1.54) is 19.5 Å². The summed E-state index contributed by atoms with van der Waals surface area (Å²) < 4.78 is 5.80. The summed E-state index contributed by atoms with van der Waals surface area (Å²) in [4.78, 5) is 16.8. The number of urea groups is 1. The zero-order valence-corrected chi connectivity index (χ0v) is 14.7. The van der Waals surface area contributed by atoms with Crippen molar-refractivity contribution < 1.29 is 9.53 Å². The van der Waals surface area contributed by atoms with Crippen LogP contribution in [0, 0.1) is 11.8 Å². The third-order valence-corrected chi connectivity index (χ3v) is 4.91. The Hall–Kier alpha value is -0.810. The van der Waals surface area contributed by atoms with Crippen LogP contribution in [0.3, 0.4) is 0 Å². The summed E-state index contributed by atoms with van der Waals surface area (Å²) in [6.45, 7) is 15.0. The number of carbonyl (C=O) groups excluding carboxylic acids is 1. The van der Waals surface area contributed by atoms with Gasteiger partial charge in [-0.2, -0.15) is 0 Å². The Bertz CT molecular complexity index is 375. The Morgan fingerprint density at radius 2 is 2.18 bits per heavy atom. The molecule has 2 amide bonds. The Balaban J connectivity index is 1.72. The molecular weight excluding hydrogens is 278 g/mol. The van der Waals surface area contributed by atoms with Crippen LogP contribution in [-0.4, -0.2) is 67.3 Å². The topological polar surface area (TPSA) is 44.8 Å². The number of rotatable bonds is 5. The van der Waals surface area contributed by atoms with Gasteiger partial charge in [0.1, 0.15) is 0 Å². The van der Waals surface area contributed by atoms with E-state index in [0.29, 0.717) is 31.5 Å². The van der Waals surface area contributed by atoms with E-state index in [0.717, 1.165) is 19.5 Å². The van der Waals surface area contributed by atoms with Crippen LogP contribution in [0.5, 0.6) is 0 Å². The van der Waals surface area contributed by atoms with Gasteiger partial charge < -0.3 is 19.9 Å².